The van der Waals surface area contributed by atoms with E-state index in [-0.39, 0.29) is 12.5 Å². The van der Waals surface area contributed by atoms with Crippen LogP contribution in [0.2, 0.25) is 15.1 Å². The Kier molecular flexibility index (Phi) is 6.71. The number of benzene rings is 2. The van der Waals surface area contributed by atoms with Gasteiger partial charge in [0, 0.05) is 29.4 Å². The standard InChI is InChI=1S/C22H20Cl3N5O2/c1-12-19(21(32)27-15-7-5-14(23)6-8-15)20(13-4-9-16(24)17(25)11-13)30-22(26-12)28-18(29-30)3-2-10-31/h4-9,11,20,31H,2-3,10H2,1H3,(H,27,32)(H,26,28,29)/t20-/m0/s1. The van der Waals surface area contributed by atoms with Gasteiger partial charge in [-0.05, 0) is 55.3 Å². The SMILES string of the molecule is CC1=C(C(=O)Nc2ccc(Cl)cc2)[C@H](c2ccc(Cl)c(Cl)c2)n2nc(CCCO)nc2N1. The minimum Gasteiger partial charge on any atom is -0.396 e. The van der Waals surface area contributed by atoms with Gasteiger partial charge in [-0.3, -0.25) is 4.79 Å². The van der Waals surface area contributed by atoms with Crippen LogP contribution in [0.15, 0.2) is 53.7 Å². The van der Waals surface area contributed by atoms with Crippen molar-refractivity contribution in [1.29, 1.82) is 0 Å². The van der Waals surface area contributed by atoms with E-state index in [1.54, 1.807) is 41.1 Å². The van der Waals surface area contributed by atoms with Gasteiger partial charge in [-0.25, -0.2) is 4.68 Å². The molecular formula is C22H20Cl3N5O2. The zero-order valence-corrected chi connectivity index (χ0v) is 19.3. The highest BCUT2D eigenvalue weighted by molar-refractivity contribution is 6.42. The van der Waals surface area contributed by atoms with Gasteiger partial charge in [0.15, 0.2) is 5.82 Å². The summed E-state index contributed by atoms with van der Waals surface area (Å²) >= 11 is 18.4. The van der Waals surface area contributed by atoms with E-state index in [4.69, 9.17) is 39.9 Å². The largest absolute Gasteiger partial charge is 0.396 e. The molecule has 3 N–H and O–H groups in total. The highest BCUT2D eigenvalue weighted by atomic mass is 35.5. The van der Waals surface area contributed by atoms with Crippen molar-refractivity contribution in [2.75, 3.05) is 17.2 Å². The topological polar surface area (TPSA) is 92.1 Å². The summed E-state index contributed by atoms with van der Waals surface area (Å²) in [6, 6.07) is 11.5. The first kappa shape index (κ1) is 22.6. The number of allylic oxidation sites excluding steroid dienone is 1. The summed E-state index contributed by atoms with van der Waals surface area (Å²) in [5.41, 5.74) is 2.45. The normalized spacial score (nSPS) is 15.3. The Labute approximate surface area is 200 Å². The molecule has 0 bridgehead atoms. The van der Waals surface area contributed by atoms with Crippen LogP contribution in [0.3, 0.4) is 0 Å². The molecule has 0 spiro atoms. The Hall–Kier alpha value is -2.58. The van der Waals surface area contributed by atoms with Gasteiger partial charge in [0.05, 0.1) is 15.6 Å². The quantitative estimate of drug-likeness (QED) is 0.446. The number of hydrogen-bond donors (Lipinski definition) is 3. The summed E-state index contributed by atoms with van der Waals surface area (Å²) in [6.45, 7) is 1.85. The monoisotopic (exact) mass is 491 g/mol. The fourth-order valence-corrected chi connectivity index (χ4v) is 3.99. The van der Waals surface area contributed by atoms with Crippen LogP contribution in [0.4, 0.5) is 11.6 Å². The second-order valence-electron chi connectivity index (χ2n) is 7.32. The molecule has 0 fully saturated rings. The number of carbonyl (C=O) groups excluding carboxylic acids is 1. The predicted molar refractivity (Wildman–Crippen MR) is 126 cm³/mol. The number of nitrogens with one attached hydrogen (secondary N) is 2. The molecule has 1 aliphatic rings. The highest BCUT2D eigenvalue weighted by Gasteiger charge is 2.34. The third kappa shape index (κ3) is 4.61. The van der Waals surface area contributed by atoms with Crippen LogP contribution in [-0.2, 0) is 11.2 Å². The van der Waals surface area contributed by atoms with Crippen LogP contribution in [0.25, 0.3) is 0 Å². The average molecular weight is 493 g/mol. The van der Waals surface area contributed by atoms with Crippen molar-refractivity contribution < 1.29 is 9.90 Å². The van der Waals surface area contributed by atoms with Crippen molar-refractivity contribution in [3.63, 3.8) is 0 Å². The zero-order valence-electron chi connectivity index (χ0n) is 17.1. The Morgan fingerprint density at radius 1 is 1.16 bits per heavy atom. The van der Waals surface area contributed by atoms with Crippen molar-refractivity contribution in [2.45, 2.75) is 25.8 Å². The number of nitrogens with zero attached hydrogens (tertiary/aromatic N) is 3. The van der Waals surface area contributed by atoms with Crippen LogP contribution in [0.5, 0.6) is 0 Å². The molecular weight excluding hydrogens is 473 g/mol. The van der Waals surface area contributed by atoms with Gasteiger partial charge in [0.2, 0.25) is 5.95 Å². The lowest BCUT2D eigenvalue weighted by Crippen LogP contribution is -2.31. The van der Waals surface area contributed by atoms with Gasteiger partial charge in [-0.15, -0.1) is 0 Å². The molecule has 3 aromatic rings. The Morgan fingerprint density at radius 2 is 1.91 bits per heavy atom. The molecule has 2 heterocycles. The van der Waals surface area contributed by atoms with E-state index in [0.717, 1.165) is 5.56 Å². The van der Waals surface area contributed by atoms with Crippen LogP contribution in [0, 0.1) is 0 Å². The molecule has 166 valence electrons. The summed E-state index contributed by atoms with van der Waals surface area (Å²) in [4.78, 5) is 17.9. The fraction of sp³-hybridized carbons (Fsp3) is 0.227. The zero-order chi connectivity index (χ0) is 22.8. The second-order valence-corrected chi connectivity index (χ2v) is 8.57. The smallest absolute Gasteiger partial charge is 0.255 e. The molecule has 0 radical (unpaired) electrons. The summed E-state index contributed by atoms with van der Waals surface area (Å²) < 4.78 is 1.66. The molecule has 1 aliphatic heterocycles. The number of fused-ring (bicyclic) bond motifs is 1. The van der Waals surface area contributed by atoms with E-state index in [1.165, 1.54) is 0 Å². The first-order valence-corrected chi connectivity index (χ1v) is 11.1. The van der Waals surface area contributed by atoms with Gasteiger partial charge in [0.25, 0.3) is 5.91 Å². The molecule has 7 nitrogen and oxygen atoms in total. The Morgan fingerprint density at radius 3 is 2.59 bits per heavy atom. The first-order valence-electron chi connectivity index (χ1n) is 9.93. The number of aryl methyl sites for hydroxylation is 1. The van der Waals surface area contributed by atoms with Gasteiger partial charge in [-0.1, -0.05) is 40.9 Å². The number of aliphatic hydroxyl groups excluding tert-OH is 1. The van der Waals surface area contributed by atoms with Crippen molar-refractivity contribution in [1.82, 2.24) is 14.8 Å². The molecule has 0 aliphatic carbocycles. The number of halogens is 3. The van der Waals surface area contributed by atoms with Crippen LogP contribution < -0.4 is 10.6 Å². The van der Waals surface area contributed by atoms with Crippen LogP contribution in [-0.4, -0.2) is 32.4 Å². The summed E-state index contributed by atoms with van der Waals surface area (Å²) in [5.74, 6) is 0.778. The number of hydrogen-bond acceptors (Lipinski definition) is 5. The first-order chi connectivity index (χ1) is 15.4. The number of aliphatic hydroxyl groups is 1. The molecule has 0 saturated carbocycles. The van der Waals surface area contributed by atoms with E-state index in [2.05, 4.69) is 20.7 Å². The summed E-state index contributed by atoms with van der Waals surface area (Å²) in [5, 5.41) is 21.2. The molecule has 4 rings (SSSR count). The maximum absolute atomic E-state index is 13.4. The van der Waals surface area contributed by atoms with Crippen LogP contribution >= 0.6 is 34.8 Å². The van der Waals surface area contributed by atoms with Crippen LogP contribution in [0.1, 0.15) is 30.8 Å². The third-order valence-electron chi connectivity index (χ3n) is 5.06. The van der Waals surface area contributed by atoms with E-state index in [9.17, 15) is 4.79 Å². The van der Waals surface area contributed by atoms with E-state index >= 15 is 0 Å². The van der Waals surface area contributed by atoms with E-state index < -0.39 is 6.04 Å². The number of anilines is 2. The summed E-state index contributed by atoms with van der Waals surface area (Å²) in [6.07, 6.45) is 1.05. The van der Waals surface area contributed by atoms with Crippen molar-refractivity contribution in [3.05, 3.63) is 80.2 Å². The summed E-state index contributed by atoms with van der Waals surface area (Å²) in [7, 11) is 0. The molecule has 1 aromatic heterocycles. The fourth-order valence-electron chi connectivity index (χ4n) is 3.55. The maximum atomic E-state index is 13.4. The molecule has 0 saturated heterocycles. The Bertz CT molecular complexity index is 1190. The number of rotatable bonds is 6. The molecule has 32 heavy (non-hydrogen) atoms. The average Bonchev–Trinajstić information content (AvgIpc) is 3.17. The number of aromatic nitrogens is 3. The Balaban J connectivity index is 1.77. The molecule has 2 aromatic carbocycles. The predicted octanol–water partition coefficient (Wildman–Crippen LogP) is 5.09. The van der Waals surface area contributed by atoms with E-state index in [0.29, 0.717) is 56.6 Å². The number of carbonyl (C=O) groups is 1. The molecule has 10 heteroatoms. The maximum Gasteiger partial charge on any atom is 0.255 e. The molecule has 1 atom stereocenters. The number of amides is 1. The van der Waals surface area contributed by atoms with Gasteiger partial charge < -0.3 is 15.7 Å². The minimum atomic E-state index is -0.580. The minimum absolute atomic E-state index is 0.0412. The lowest BCUT2D eigenvalue weighted by Gasteiger charge is -2.29. The molecule has 1 amide bonds. The van der Waals surface area contributed by atoms with Crippen molar-refractivity contribution in [3.8, 4) is 0 Å². The lowest BCUT2D eigenvalue weighted by molar-refractivity contribution is -0.113. The van der Waals surface area contributed by atoms with Gasteiger partial charge in [0.1, 0.15) is 6.04 Å². The third-order valence-corrected chi connectivity index (χ3v) is 6.05. The van der Waals surface area contributed by atoms with Gasteiger partial charge >= 0.3 is 0 Å². The highest BCUT2D eigenvalue weighted by Crippen LogP contribution is 2.37. The van der Waals surface area contributed by atoms with Crippen molar-refractivity contribution in [2.24, 2.45) is 0 Å². The lowest BCUT2D eigenvalue weighted by atomic mass is 9.95. The molecule has 0 unspecified atom stereocenters. The second kappa shape index (κ2) is 9.50. The van der Waals surface area contributed by atoms with E-state index in [1.807, 2.05) is 13.0 Å². The van der Waals surface area contributed by atoms with Crippen molar-refractivity contribution >= 4 is 52.3 Å². The van der Waals surface area contributed by atoms with Gasteiger partial charge in [-0.2, -0.15) is 10.1 Å².